The van der Waals surface area contributed by atoms with E-state index in [9.17, 15) is 4.79 Å². The fourth-order valence-corrected chi connectivity index (χ4v) is 1.94. The number of nitrogens with one attached hydrogen (secondary N) is 1. The summed E-state index contributed by atoms with van der Waals surface area (Å²) in [7, 11) is 1.30. The van der Waals surface area contributed by atoms with Gasteiger partial charge < -0.3 is 15.8 Å². The highest BCUT2D eigenvalue weighted by molar-refractivity contribution is 6.30. The SMILES string of the molecule is COC(=O)c1ccc(N)c(Nc2cc(Cl)ccc2C#N)c1. The van der Waals surface area contributed by atoms with E-state index < -0.39 is 5.97 Å². The number of nitriles is 1. The number of anilines is 3. The molecule has 0 aliphatic carbocycles. The van der Waals surface area contributed by atoms with Crippen LogP contribution in [0.15, 0.2) is 36.4 Å². The van der Waals surface area contributed by atoms with Gasteiger partial charge in [0.1, 0.15) is 6.07 Å². The number of carbonyl (C=O) groups excluding carboxylic acids is 1. The Labute approximate surface area is 126 Å². The summed E-state index contributed by atoms with van der Waals surface area (Å²) in [6.07, 6.45) is 0. The van der Waals surface area contributed by atoms with E-state index >= 15 is 0 Å². The van der Waals surface area contributed by atoms with Crippen molar-refractivity contribution in [3.8, 4) is 6.07 Å². The number of esters is 1. The number of hydrogen-bond acceptors (Lipinski definition) is 5. The van der Waals surface area contributed by atoms with Crippen LogP contribution in [-0.4, -0.2) is 13.1 Å². The second-order valence-corrected chi connectivity index (χ2v) is 4.66. The molecule has 0 saturated heterocycles. The number of halogens is 1. The molecule has 2 aromatic rings. The van der Waals surface area contributed by atoms with Gasteiger partial charge in [-0.2, -0.15) is 5.26 Å². The Hall–Kier alpha value is -2.71. The molecule has 2 rings (SSSR count). The Balaban J connectivity index is 2.42. The zero-order valence-electron chi connectivity index (χ0n) is 11.2. The van der Waals surface area contributed by atoms with Crippen LogP contribution in [0.3, 0.4) is 0 Å². The van der Waals surface area contributed by atoms with Gasteiger partial charge >= 0.3 is 5.97 Å². The maximum Gasteiger partial charge on any atom is 0.337 e. The summed E-state index contributed by atoms with van der Waals surface area (Å²) >= 11 is 5.93. The first kappa shape index (κ1) is 14.7. The Morgan fingerprint density at radius 2 is 2.05 bits per heavy atom. The summed E-state index contributed by atoms with van der Waals surface area (Å²) in [6.45, 7) is 0. The molecular formula is C15H12ClN3O2. The van der Waals surface area contributed by atoms with Gasteiger partial charge in [0, 0.05) is 5.02 Å². The maximum absolute atomic E-state index is 11.5. The van der Waals surface area contributed by atoms with Gasteiger partial charge in [0.15, 0.2) is 0 Å². The quantitative estimate of drug-likeness (QED) is 0.670. The summed E-state index contributed by atoms with van der Waals surface area (Å²) in [5.74, 6) is -0.468. The van der Waals surface area contributed by atoms with Crippen molar-refractivity contribution in [3.63, 3.8) is 0 Å². The van der Waals surface area contributed by atoms with Crippen molar-refractivity contribution in [2.75, 3.05) is 18.2 Å². The van der Waals surface area contributed by atoms with Crippen molar-refractivity contribution in [2.24, 2.45) is 0 Å². The van der Waals surface area contributed by atoms with E-state index in [0.717, 1.165) is 0 Å². The third-order valence-electron chi connectivity index (χ3n) is 2.85. The van der Waals surface area contributed by atoms with Gasteiger partial charge in [-0.25, -0.2) is 4.79 Å². The molecule has 0 fully saturated rings. The van der Waals surface area contributed by atoms with Crippen LogP contribution in [0.1, 0.15) is 15.9 Å². The minimum Gasteiger partial charge on any atom is -0.465 e. The van der Waals surface area contributed by atoms with Crippen LogP contribution < -0.4 is 11.1 Å². The number of ether oxygens (including phenoxy) is 1. The Morgan fingerprint density at radius 1 is 1.29 bits per heavy atom. The molecule has 0 spiro atoms. The lowest BCUT2D eigenvalue weighted by Crippen LogP contribution is -2.04. The van der Waals surface area contributed by atoms with Gasteiger partial charge in [0.05, 0.1) is 35.3 Å². The summed E-state index contributed by atoms with van der Waals surface area (Å²) in [6, 6.07) is 11.6. The average Bonchev–Trinajstić information content (AvgIpc) is 2.49. The van der Waals surface area contributed by atoms with Gasteiger partial charge in [-0.3, -0.25) is 0 Å². The maximum atomic E-state index is 11.5. The van der Waals surface area contributed by atoms with Crippen LogP contribution in [0.25, 0.3) is 0 Å². The van der Waals surface area contributed by atoms with E-state index in [1.165, 1.54) is 7.11 Å². The molecule has 21 heavy (non-hydrogen) atoms. The fourth-order valence-electron chi connectivity index (χ4n) is 1.77. The molecule has 0 aromatic heterocycles. The van der Waals surface area contributed by atoms with E-state index in [-0.39, 0.29) is 0 Å². The van der Waals surface area contributed by atoms with Crippen molar-refractivity contribution in [1.82, 2.24) is 0 Å². The number of nitrogens with two attached hydrogens (primary N) is 1. The summed E-state index contributed by atoms with van der Waals surface area (Å²) in [5, 5.41) is 12.6. The smallest absolute Gasteiger partial charge is 0.337 e. The monoisotopic (exact) mass is 301 g/mol. The first-order valence-corrected chi connectivity index (χ1v) is 6.37. The standard InChI is InChI=1S/C15H12ClN3O2/c1-21-15(20)9-3-5-12(18)14(6-9)19-13-7-11(16)4-2-10(13)8-17/h2-7,19H,18H2,1H3. The summed E-state index contributed by atoms with van der Waals surface area (Å²) in [4.78, 5) is 11.5. The molecule has 0 atom stereocenters. The third kappa shape index (κ3) is 3.25. The number of hydrogen-bond donors (Lipinski definition) is 2. The fraction of sp³-hybridized carbons (Fsp3) is 0.0667. The summed E-state index contributed by atoms with van der Waals surface area (Å²) < 4.78 is 4.66. The molecule has 0 unspecified atom stereocenters. The molecule has 0 amide bonds. The van der Waals surface area contributed by atoms with Gasteiger partial charge in [-0.15, -0.1) is 0 Å². The molecule has 2 aromatic carbocycles. The third-order valence-corrected chi connectivity index (χ3v) is 3.08. The number of methoxy groups -OCH3 is 1. The van der Waals surface area contributed by atoms with E-state index in [1.54, 1.807) is 36.4 Å². The molecule has 0 radical (unpaired) electrons. The topological polar surface area (TPSA) is 88.1 Å². The van der Waals surface area contributed by atoms with Gasteiger partial charge in [0.25, 0.3) is 0 Å². The van der Waals surface area contributed by atoms with Gasteiger partial charge in [0.2, 0.25) is 0 Å². The van der Waals surface area contributed by atoms with Gasteiger partial charge in [-0.05, 0) is 36.4 Å². The number of nitrogens with zero attached hydrogens (tertiary/aromatic N) is 1. The molecule has 0 bridgehead atoms. The molecule has 3 N–H and O–H groups in total. The highest BCUT2D eigenvalue weighted by Crippen LogP contribution is 2.28. The Bertz CT molecular complexity index is 738. The van der Waals surface area contributed by atoms with Crippen molar-refractivity contribution >= 4 is 34.6 Å². The Morgan fingerprint density at radius 3 is 2.71 bits per heavy atom. The lowest BCUT2D eigenvalue weighted by molar-refractivity contribution is 0.0601. The van der Waals surface area contributed by atoms with Crippen molar-refractivity contribution in [2.45, 2.75) is 0 Å². The van der Waals surface area contributed by atoms with Crippen LogP contribution >= 0.6 is 11.6 Å². The number of rotatable bonds is 3. The minimum atomic E-state index is -0.468. The largest absolute Gasteiger partial charge is 0.465 e. The van der Waals surface area contributed by atoms with Crippen LogP contribution in [0.2, 0.25) is 5.02 Å². The van der Waals surface area contributed by atoms with Crippen LogP contribution in [0, 0.1) is 11.3 Å². The van der Waals surface area contributed by atoms with E-state index in [0.29, 0.717) is 33.2 Å². The minimum absolute atomic E-state index is 0.356. The lowest BCUT2D eigenvalue weighted by atomic mass is 10.1. The first-order chi connectivity index (χ1) is 10.0. The van der Waals surface area contributed by atoms with Crippen molar-refractivity contribution < 1.29 is 9.53 Å². The number of nitrogen functional groups attached to an aromatic ring is 1. The van der Waals surface area contributed by atoms with E-state index in [2.05, 4.69) is 16.1 Å². The van der Waals surface area contributed by atoms with Crippen LogP contribution in [0.5, 0.6) is 0 Å². The lowest BCUT2D eigenvalue weighted by Gasteiger charge is -2.12. The molecule has 5 nitrogen and oxygen atoms in total. The first-order valence-electron chi connectivity index (χ1n) is 5.99. The predicted molar refractivity (Wildman–Crippen MR) is 81.6 cm³/mol. The average molecular weight is 302 g/mol. The molecule has 0 aliphatic heterocycles. The van der Waals surface area contributed by atoms with Crippen molar-refractivity contribution in [3.05, 3.63) is 52.5 Å². The highest BCUT2D eigenvalue weighted by Gasteiger charge is 2.10. The Kier molecular flexibility index (Phi) is 4.31. The zero-order chi connectivity index (χ0) is 15.4. The number of carbonyl (C=O) groups is 1. The molecule has 106 valence electrons. The van der Waals surface area contributed by atoms with Crippen molar-refractivity contribution in [1.29, 1.82) is 5.26 Å². The normalized spacial score (nSPS) is 9.76. The second kappa shape index (κ2) is 6.16. The molecule has 0 saturated carbocycles. The molecule has 0 heterocycles. The molecule has 0 aliphatic rings. The second-order valence-electron chi connectivity index (χ2n) is 4.22. The van der Waals surface area contributed by atoms with E-state index in [1.807, 2.05) is 0 Å². The van der Waals surface area contributed by atoms with Crippen LogP contribution in [-0.2, 0) is 4.74 Å². The molecule has 6 heteroatoms. The van der Waals surface area contributed by atoms with E-state index in [4.69, 9.17) is 22.6 Å². The van der Waals surface area contributed by atoms with Gasteiger partial charge in [-0.1, -0.05) is 11.6 Å². The molecular weight excluding hydrogens is 290 g/mol. The predicted octanol–water partition coefficient (Wildman–Crippen LogP) is 3.32. The summed E-state index contributed by atoms with van der Waals surface area (Å²) in [5.41, 5.74) is 8.10. The number of benzene rings is 2. The highest BCUT2D eigenvalue weighted by atomic mass is 35.5. The zero-order valence-corrected chi connectivity index (χ0v) is 11.9. The van der Waals surface area contributed by atoms with Crippen LogP contribution in [0.4, 0.5) is 17.1 Å².